The van der Waals surface area contributed by atoms with E-state index in [-0.39, 0.29) is 24.0 Å². The summed E-state index contributed by atoms with van der Waals surface area (Å²) in [6, 6.07) is 7.35. The van der Waals surface area contributed by atoms with Crippen LogP contribution in [0.3, 0.4) is 0 Å². The molecule has 2 heterocycles. The summed E-state index contributed by atoms with van der Waals surface area (Å²) in [5, 5.41) is 3.42. The molecule has 1 aliphatic rings. The van der Waals surface area contributed by atoms with Crippen molar-refractivity contribution in [2.24, 2.45) is 0 Å². The van der Waals surface area contributed by atoms with Gasteiger partial charge in [-0.2, -0.15) is 0 Å². The number of carbonyl (C=O) groups is 2. The summed E-state index contributed by atoms with van der Waals surface area (Å²) < 4.78 is 28.7. The zero-order chi connectivity index (χ0) is 17.9. The van der Waals surface area contributed by atoms with Crippen LogP contribution in [-0.2, 0) is 30.6 Å². The van der Waals surface area contributed by atoms with E-state index in [0.29, 0.717) is 12.8 Å². The summed E-state index contributed by atoms with van der Waals surface area (Å²) >= 11 is 1.53. The fourth-order valence-electron chi connectivity index (χ4n) is 2.63. The average molecular weight is 382 g/mol. The Hall–Kier alpha value is -2.00. The summed E-state index contributed by atoms with van der Waals surface area (Å²) in [7, 11) is -3.05. The molecule has 1 aliphatic heterocycles. The molecule has 1 saturated heterocycles. The van der Waals surface area contributed by atoms with Crippen molar-refractivity contribution in [1.82, 2.24) is 10.3 Å². The Kier molecular flexibility index (Phi) is 5.33. The molecule has 0 bridgehead atoms. The lowest BCUT2D eigenvalue weighted by atomic mass is 10.2. The molecule has 2 aromatic rings. The van der Waals surface area contributed by atoms with Crippen LogP contribution in [-0.4, -0.2) is 49.4 Å². The number of nitrogens with zero attached hydrogens (tertiary/aromatic N) is 1. The topological polar surface area (TPSA) is 102 Å². The number of nitrogens with one attached hydrogen (secondary N) is 1. The number of hydrogen-bond donors (Lipinski definition) is 1. The van der Waals surface area contributed by atoms with E-state index in [0.717, 1.165) is 15.2 Å². The Balaban J connectivity index is 1.39. The van der Waals surface area contributed by atoms with E-state index in [4.69, 9.17) is 4.74 Å². The summed E-state index contributed by atoms with van der Waals surface area (Å²) in [4.78, 5) is 27.9. The van der Waals surface area contributed by atoms with E-state index in [1.165, 1.54) is 11.3 Å². The molecule has 1 aromatic carbocycles. The first-order chi connectivity index (χ1) is 11.9. The summed E-state index contributed by atoms with van der Waals surface area (Å²) in [5.74, 6) is -0.923. The average Bonchev–Trinajstić information content (AvgIpc) is 3.13. The smallest absolute Gasteiger partial charge is 0.306 e. The second-order valence-electron chi connectivity index (χ2n) is 5.90. The number of aryl methyl sites for hydroxylation is 1. The summed E-state index contributed by atoms with van der Waals surface area (Å²) in [5.41, 5.74) is 0.904. The van der Waals surface area contributed by atoms with Gasteiger partial charge in [-0.15, -0.1) is 11.3 Å². The maximum atomic E-state index is 11.8. The van der Waals surface area contributed by atoms with Crippen LogP contribution >= 0.6 is 11.3 Å². The van der Waals surface area contributed by atoms with Gasteiger partial charge < -0.3 is 10.1 Å². The molecule has 0 spiro atoms. The predicted octanol–water partition coefficient (Wildman–Crippen LogP) is 1.08. The van der Waals surface area contributed by atoms with Gasteiger partial charge in [-0.3, -0.25) is 9.59 Å². The van der Waals surface area contributed by atoms with E-state index < -0.39 is 28.3 Å². The van der Waals surface area contributed by atoms with Crippen LogP contribution in [0, 0.1) is 0 Å². The van der Waals surface area contributed by atoms with Crippen LogP contribution in [0.2, 0.25) is 0 Å². The second-order valence-corrected chi connectivity index (χ2v) is 9.25. The van der Waals surface area contributed by atoms with Crippen LogP contribution in [0.15, 0.2) is 24.3 Å². The molecule has 1 amide bonds. The highest BCUT2D eigenvalue weighted by molar-refractivity contribution is 7.91. The molecule has 9 heteroatoms. The molecular weight excluding hydrogens is 364 g/mol. The second kappa shape index (κ2) is 7.49. The fraction of sp³-hybridized carbons (Fsp3) is 0.438. The van der Waals surface area contributed by atoms with Crippen molar-refractivity contribution < 1.29 is 22.7 Å². The van der Waals surface area contributed by atoms with E-state index >= 15 is 0 Å². The Morgan fingerprint density at radius 1 is 1.32 bits per heavy atom. The lowest BCUT2D eigenvalue weighted by molar-refractivity contribution is -0.148. The van der Waals surface area contributed by atoms with E-state index in [9.17, 15) is 18.0 Å². The maximum Gasteiger partial charge on any atom is 0.306 e. The zero-order valence-corrected chi connectivity index (χ0v) is 15.1. The minimum atomic E-state index is -3.05. The fourth-order valence-corrected chi connectivity index (χ4v) is 5.27. The van der Waals surface area contributed by atoms with Crippen LogP contribution in [0.4, 0.5) is 0 Å². The van der Waals surface area contributed by atoms with Crippen molar-refractivity contribution in [1.29, 1.82) is 0 Å². The molecule has 1 atom stereocenters. The third kappa shape index (κ3) is 4.99. The van der Waals surface area contributed by atoms with E-state index in [2.05, 4.69) is 10.3 Å². The molecule has 0 unspecified atom stereocenters. The van der Waals surface area contributed by atoms with Crippen LogP contribution in [0.25, 0.3) is 10.2 Å². The first kappa shape index (κ1) is 17.8. The molecule has 1 fully saturated rings. The van der Waals surface area contributed by atoms with Gasteiger partial charge >= 0.3 is 5.97 Å². The molecule has 3 rings (SSSR count). The van der Waals surface area contributed by atoms with Crippen molar-refractivity contribution in [2.45, 2.75) is 25.3 Å². The highest BCUT2D eigenvalue weighted by Crippen LogP contribution is 2.22. The van der Waals surface area contributed by atoms with Crippen molar-refractivity contribution in [3.8, 4) is 0 Å². The summed E-state index contributed by atoms with van der Waals surface area (Å²) in [6.45, 7) is -0.394. The minimum Gasteiger partial charge on any atom is -0.456 e. The molecule has 0 radical (unpaired) electrons. The Labute approximate surface area is 149 Å². The molecule has 25 heavy (non-hydrogen) atoms. The number of aromatic nitrogens is 1. The number of fused-ring (bicyclic) bond motifs is 1. The van der Waals surface area contributed by atoms with Crippen LogP contribution in [0.5, 0.6) is 0 Å². The standard InChI is InChI=1S/C16H18N2O5S2/c19-14(17-11-7-8-25(21,22)10-11)9-23-16(20)6-5-15-18-12-3-1-2-4-13(12)24-15/h1-4,11H,5-10H2,(H,17,19)/t11-/m1/s1. The van der Waals surface area contributed by atoms with Crippen molar-refractivity contribution in [3.05, 3.63) is 29.3 Å². The number of sulfone groups is 1. The molecule has 134 valence electrons. The highest BCUT2D eigenvalue weighted by Gasteiger charge is 2.29. The molecular formula is C16H18N2O5S2. The van der Waals surface area contributed by atoms with Crippen LogP contribution < -0.4 is 5.32 Å². The number of amides is 1. The number of hydrogen-bond acceptors (Lipinski definition) is 7. The van der Waals surface area contributed by atoms with Gasteiger partial charge in [0, 0.05) is 12.5 Å². The maximum absolute atomic E-state index is 11.8. The van der Waals surface area contributed by atoms with Gasteiger partial charge in [0.2, 0.25) is 0 Å². The minimum absolute atomic E-state index is 0.0513. The van der Waals surface area contributed by atoms with Gasteiger partial charge in [-0.05, 0) is 18.6 Å². The monoisotopic (exact) mass is 382 g/mol. The van der Waals surface area contributed by atoms with Gasteiger partial charge in [0.05, 0.1) is 33.2 Å². The van der Waals surface area contributed by atoms with Crippen molar-refractivity contribution >= 4 is 43.3 Å². The Bertz CT molecular complexity index is 858. The lowest BCUT2D eigenvalue weighted by Gasteiger charge is -2.10. The Morgan fingerprint density at radius 2 is 2.12 bits per heavy atom. The third-order valence-corrected chi connectivity index (χ3v) is 6.71. The SMILES string of the molecule is O=C(COC(=O)CCc1nc2ccccc2s1)N[C@@H]1CCS(=O)(=O)C1. The first-order valence-corrected chi connectivity index (χ1v) is 10.5. The predicted molar refractivity (Wildman–Crippen MR) is 94.1 cm³/mol. The van der Waals surface area contributed by atoms with E-state index in [1.807, 2.05) is 24.3 Å². The van der Waals surface area contributed by atoms with Crippen LogP contribution in [0.1, 0.15) is 17.8 Å². The number of benzene rings is 1. The quantitative estimate of drug-likeness (QED) is 0.750. The van der Waals surface area contributed by atoms with Crippen molar-refractivity contribution in [2.75, 3.05) is 18.1 Å². The highest BCUT2D eigenvalue weighted by atomic mass is 32.2. The number of esters is 1. The number of thiazole rings is 1. The normalized spacial score (nSPS) is 19.0. The number of carbonyl (C=O) groups excluding carboxylic acids is 2. The van der Waals surface area contributed by atoms with Gasteiger partial charge in [0.1, 0.15) is 0 Å². The van der Waals surface area contributed by atoms with Gasteiger partial charge in [0.25, 0.3) is 5.91 Å². The van der Waals surface area contributed by atoms with Gasteiger partial charge in [-0.25, -0.2) is 13.4 Å². The van der Waals surface area contributed by atoms with E-state index in [1.54, 1.807) is 0 Å². The van der Waals surface area contributed by atoms with Gasteiger partial charge in [-0.1, -0.05) is 12.1 Å². The lowest BCUT2D eigenvalue weighted by Crippen LogP contribution is -2.38. The molecule has 0 saturated carbocycles. The molecule has 7 nitrogen and oxygen atoms in total. The summed E-state index contributed by atoms with van der Waals surface area (Å²) in [6.07, 6.45) is 1.01. The number of rotatable bonds is 6. The molecule has 0 aliphatic carbocycles. The molecule has 1 aromatic heterocycles. The zero-order valence-electron chi connectivity index (χ0n) is 13.4. The number of para-hydroxylation sites is 1. The molecule has 1 N–H and O–H groups in total. The Morgan fingerprint density at radius 3 is 2.84 bits per heavy atom. The largest absolute Gasteiger partial charge is 0.456 e. The first-order valence-electron chi connectivity index (χ1n) is 7.91. The number of ether oxygens (including phenoxy) is 1. The van der Waals surface area contributed by atoms with Gasteiger partial charge in [0.15, 0.2) is 16.4 Å². The third-order valence-electron chi connectivity index (χ3n) is 3.84. The van der Waals surface area contributed by atoms with Crippen molar-refractivity contribution in [3.63, 3.8) is 0 Å².